The van der Waals surface area contributed by atoms with Crippen LogP contribution < -0.4 is 4.90 Å². The third-order valence-electron chi connectivity index (χ3n) is 2.96. The van der Waals surface area contributed by atoms with Gasteiger partial charge in [0.05, 0.1) is 5.56 Å². The Morgan fingerprint density at radius 3 is 2.73 bits per heavy atom. The molecule has 0 aromatic heterocycles. The average molecular weight is 204 g/mol. The molecule has 1 aromatic carbocycles. The van der Waals surface area contributed by atoms with Crippen molar-refractivity contribution in [1.82, 2.24) is 0 Å². The zero-order valence-corrected chi connectivity index (χ0v) is 9.13. The van der Waals surface area contributed by atoms with E-state index in [2.05, 4.69) is 4.90 Å². The highest BCUT2D eigenvalue weighted by atomic mass is 19.1. The van der Waals surface area contributed by atoms with Crippen molar-refractivity contribution in [2.45, 2.75) is 19.3 Å². The largest absolute Gasteiger partial charge is 0.373 e. The molecule has 78 valence electrons. The lowest BCUT2D eigenvalue weighted by molar-refractivity contribution is 0.553. The Morgan fingerprint density at radius 1 is 1.47 bits per heavy atom. The van der Waals surface area contributed by atoms with E-state index in [1.807, 2.05) is 27.0 Å². The summed E-state index contributed by atoms with van der Waals surface area (Å²) in [5.41, 5.74) is 1.85. The predicted molar refractivity (Wildman–Crippen MR) is 57.4 cm³/mol. The second-order valence-electron chi connectivity index (χ2n) is 4.67. The van der Waals surface area contributed by atoms with Crippen LogP contribution in [-0.2, 0) is 5.41 Å². The number of halogens is 1. The van der Waals surface area contributed by atoms with Gasteiger partial charge in [0.1, 0.15) is 11.9 Å². The Bertz CT molecular complexity index is 457. The summed E-state index contributed by atoms with van der Waals surface area (Å²) in [4.78, 5) is 2.07. The smallest absolute Gasteiger partial charge is 0.141 e. The SMILES string of the molecule is CN1CC(C)(C)c2c1ccc(F)c2C#N. The molecule has 1 aliphatic rings. The van der Waals surface area contributed by atoms with Gasteiger partial charge in [0.15, 0.2) is 0 Å². The van der Waals surface area contributed by atoms with Gasteiger partial charge >= 0.3 is 0 Å². The molecule has 1 aromatic rings. The summed E-state index contributed by atoms with van der Waals surface area (Å²) in [6.45, 7) is 4.89. The Kier molecular flexibility index (Phi) is 1.97. The number of nitrogens with zero attached hydrogens (tertiary/aromatic N) is 2. The minimum Gasteiger partial charge on any atom is -0.373 e. The second kappa shape index (κ2) is 2.96. The molecular formula is C12H13FN2. The maximum absolute atomic E-state index is 13.5. The van der Waals surface area contributed by atoms with Crippen molar-refractivity contribution >= 4 is 5.69 Å². The maximum atomic E-state index is 13.5. The molecule has 0 radical (unpaired) electrons. The Morgan fingerprint density at radius 2 is 2.13 bits per heavy atom. The molecule has 0 aliphatic carbocycles. The molecule has 0 bridgehead atoms. The summed E-state index contributed by atoms with van der Waals surface area (Å²) in [7, 11) is 1.96. The number of anilines is 1. The van der Waals surface area contributed by atoms with Gasteiger partial charge in [0, 0.05) is 30.3 Å². The number of nitriles is 1. The van der Waals surface area contributed by atoms with Gasteiger partial charge in [-0.25, -0.2) is 4.39 Å². The van der Waals surface area contributed by atoms with Crippen molar-refractivity contribution in [2.24, 2.45) is 0 Å². The van der Waals surface area contributed by atoms with E-state index in [-0.39, 0.29) is 11.0 Å². The summed E-state index contributed by atoms with van der Waals surface area (Å²) < 4.78 is 13.5. The van der Waals surface area contributed by atoms with E-state index in [1.165, 1.54) is 6.07 Å². The molecule has 1 heterocycles. The van der Waals surface area contributed by atoms with Gasteiger partial charge in [-0.1, -0.05) is 13.8 Å². The average Bonchev–Trinajstić information content (AvgIpc) is 2.37. The molecule has 0 N–H and O–H groups in total. The number of benzene rings is 1. The van der Waals surface area contributed by atoms with Gasteiger partial charge in [-0.2, -0.15) is 5.26 Å². The van der Waals surface area contributed by atoms with Gasteiger partial charge in [-0.15, -0.1) is 0 Å². The van der Waals surface area contributed by atoms with Crippen LogP contribution >= 0.6 is 0 Å². The summed E-state index contributed by atoms with van der Waals surface area (Å²) in [5.74, 6) is -0.417. The van der Waals surface area contributed by atoms with E-state index in [4.69, 9.17) is 5.26 Å². The van der Waals surface area contributed by atoms with Gasteiger partial charge in [-0.3, -0.25) is 0 Å². The molecule has 1 aliphatic heterocycles. The topological polar surface area (TPSA) is 27.0 Å². The van der Waals surface area contributed by atoms with Crippen molar-refractivity contribution in [1.29, 1.82) is 5.26 Å². The van der Waals surface area contributed by atoms with Crippen molar-refractivity contribution in [3.05, 3.63) is 29.1 Å². The lowest BCUT2D eigenvalue weighted by Gasteiger charge is -2.19. The van der Waals surface area contributed by atoms with Crippen LogP contribution in [0.4, 0.5) is 10.1 Å². The first-order chi connectivity index (χ1) is 6.97. The number of hydrogen-bond acceptors (Lipinski definition) is 2. The van der Waals surface area contributed by atoms with Crippen LogP contribution in [0.25, 0.3) is 0 Å². The lowest BCUT2D eigenvalue weighted by atomic mass is 9.84. The standard InChI is InChI=1S/C12H13FN2/c1-12(2)7-15(3)10-5-4-9(13)8(6-14)11(10)12/h4-5H,7H2,1-3H3. The zero-order chi connectivity index (χ0) is 11.2. The molecule has 0 saturated carbocycles. The number of rotatable bonds is 0. The first kappa shape index (κ1) is 9.97. The molecule has 0 atom stereocenters. The zero-order valence-electron chi connectivity index (χ0n) is 9.13. The van der Waals surface area contributed by atoms with Crippen LogP contribution in [0.2, 0.25) is 0 Å². The van der Waals surface area contributed by atoms with Crippen molar-refractivity contribution in [2.75, 3.05) is 18.5 Å². The highest BCUT2D eigenvalue weighted by Gasteiger charge is 2.36. The van der Waals surface area contributed by atoms with Gasteiger partial charge in [0.2, 0.25) is 0 Å². The normalized spacial score (nSPS) is 17.4. The monoisotopic (exact) mass is 204 g/mol. The van der Waals surface area contributed by atoms with E-state index < -0.39 is 5.82 Å². The van der Waals surface area contributed by atoms with Crippen LogP contribution in [0.15, 0.2) is 12.1 Å². The van der Waals surface area contributed by atoms with Crippen molar-refractivity contribution in [3.8, 4) is 6.07 Å². The molecule has 15 heavy (non-hydrogen) atoms. The van der Waals surface area contributed by atoms with Crippen LogP contribution in [0.3, 0.4) is 0 Å². The molecule has 0 fully saturated rings. The molecule has 0 amide bonds. The summed E-state index contributed by atoms with van der Waals surface area (Å²) in [5, 5.41) is 8.99. The Labute approximate surface area is 88.9 Å². The van der Waals surface area contributed by atoms with E-state index in [0.29, 0.717) is 0 Å². The quantitative estimate of drug-likeness (QED) is 0.649. The van der Waals surface area contributed by atoms with E-state index in [1.54, 1.807) is 6.07 Å². The first-order valence-electron chi connectivity index (χ1n) is 4.91. The van der Waals surface area contributed by atoms with Crippen LogP contribution in [-0.4, -0.2) is 13.6 Å². The third kappa shape index (κ3) is 1.29. The molecule has 0 saturated heterocycles. The summed E-state index contributed by atoms with van der Waals surface area (Å²) in [6.07, 6.45) is 0. The van der Waals surface area contributed by atoms with Crippen LogP contribution in [0.5, 0.6) is 0 Å². The fourth-order valence-electron chi connectivity index (χ4n) is 2.44. The Hall–Kier alpha value is -1.56. The van der Waals surface area contributed by atoms with Gasteiger partial charge in [0.25, 0.3) is 0 Å². The minimum absolute atomic E-state index is 0.156. The highest BCUT2D eigenvalue weighted by molar-refractivity contribution is 5.67. The third-order valence-corrected chi connectivity index (χ3v) is 2.96. The van der Waals surface area contributed by atoms with E-state index >= 15 is 0 Å². The molecule has 2 rings (SSSR count). The lowest BCUT2D eigenvalue weighted by Crippen LogP contribution is -2.25. The minimum atomic E-state index is -0.417. The fraction of sp³-hybridized carbons (Fsp3) is 0.417. The van der Waals surface area contributed by atoms with Gasteiger partial charge < -0.3 is 4.90 Å². The second-order valence-corrected chi connectivity index (χ2v) is 4.67. The van der Waals surface area contributed by atoms with Crippen molar-refractivity contribution in [3.63, 3.8) is 0 Å². The fourth-order valence-corrected chi connectivity index (χ4v) is 2.44. The van der Waals surface area contributed by atoms with Crippen LogP contribution in [0, 0.1) is 17.1 Å². The first-order valence-corrected chi connectivity index (χ1v) is 4.91. The van der Waals surface area contributed by atoms with Crippen LogP contribution in [0.1, 0.15) is 25.0 Å². The molecular weight excluding hydrogens is 191 g/mol. The van der Waals surface area contributed by atoms with E-state index in [0.717, 1.165) is 17.8 Å². The van der Waals surface area contributed by atoms with Crippen molar-refractivity contribution < 1.29 is 4.39 Å². The number of hydrogen-bond donors (Lipinski definition) is 0. The predicted octanol–water partition coefficient (Wildman–Crippen LogP) is 2.42. The molecule has 3 heteroatoms. The Balaban J connectivity index is 2.77. The highest BCUT2D eigenvalue weighted by Crippen LogP contribution is 2.42. The molecule has 0 unspecified atom stereocenters. The number of likely N-dealkylation sites (N-methyl/N-ethyl adjacent to an activating group) is 1. The molecule has 2 nitrogen and oxygen atoms in total. The number of fused-ring (bicyclic) bond motifs is 1. The maximum Gasteiger partial charge on any atom is 0.141 e. The summed E-state index contributed by atoms with van der Waals surface area (Å²) in [6, 6.07) is 5.09. The molecule has 0 spiro atoms. The summed E-state index contributed by atoms with van der Waals surface area (Å²) >= 11 is 0. The van der Waals surface area contributed by atoms with Gasteiger partial charge in [-0.05, 0) is 12.1 Å². The van der Waals surface area contributed by atoms with E-state index in [9.17, 15) is 4.39 Å².